The van der Waals surface area contributed by atoms with Crippen molar-refractivity contribution in [3.05, 3.63) is 11.7 Å². The van der Waals surface area contributed by atoms with Gasteiger partial charge in [0.05, 0.1) is 0 Å². The van der Waals surface area contributed by atoms with Gasteiger partial charge in [-0.3, -0.25) is 4.79 Å². The molecule has 0 aromatic carbocycles. The smallest absolute Gasteiger partial charge is 0.226 e. The molecule has 0 aliphatic heterocycles. The van der Waals surface area contributed by atoms with Gasteiger partial charge in [0, 0.05) is 24.8 Å². The van der Waals surface area contributed by atoms with Gasteiger partial charge in [-0.05, 0) is 68.1 Å². The lowest BCUT2D eigenvalue weighted by molar-refractivity contribution is -0.123. The van der Waals surface area contributed by atoms with Gasteiger partial charge in [-0.2, -0.15) is 4.98 Å². The fourth-order valence-corrected chi connectivity index (χ4v) is 5.94. The summed E-state index contributed by atoms with van der Waals surface area (Å²) in [7, 11) is 0. The van der Waals surface area contributed by atoms with Gasteiger partial charge in [0.25, 0.3) is 0 Å². The van der Waals surface area contributed by atoms with Crippen LogP contribution in [0.1, 0.15) is 83.9 Å². The zero-order chi connectivity index (χ0) is 18.4. The summed E-state index contributed by atoms with van der Waals surface area (Å²) in [5.41, 5.74) is 0.315. The number of rotatable bonds is 6. The van der Waals surface area contributed by atoms with Crippen molar-refractivity contribution >= 4 is 5.91 Å². The summed E-state index contributed by atoms with van der Waals surface area (Å²) in [5.74, 6) is 4.37. The summed E-state index contributed by atoms with van der Waals surface area (Å²) in [6, 6.07) is 0. The second-order valence-corrected chi connectivity index (χ2v) is 10.3. The number of carbonyl (C=O) groups is 1. The Morgan fingerprint density at radius 3 is 2.31 bits per heavy atom. The molecule has 1 heterocycles. The average Bonchev–Trinajstić information content (AvgIpc) is 3.01. The second kappa shape index (κ2) is 6.65. The van der Waals surface area contributed by atoms with Crippen LogP contribution in [0.25, 0.3) is 0 Å². The van der Waals surface area contributed by atoms with Gasteiger partial charge in [-0.1, -0.05) is 25.9 Å². The number of hydrogen-bond acceptors (Lipinski definition) is 4. The van der Waals surface area contributed by atoms with E-state index in [-0.39, 0.29) is 11.3 Å². The molecule has 5 nitrogen and oxygen atoms in total. The number of amides is 1. The van der Waals surface area contributed by atoms with Crippen LogP contribution in [0.4, 0.5) is 0 Å². The van der Waals surface area contributed by atoms with Crippen molar-refractivity contribution in [2.45, 2.75) is 84.0 Å². The van der Waals surface area contributed by atoms with Gasteiger partial charge >= 0.3 is 0 Å². The van der Waals surface area contributed by atoms with E-state index in [1.54, 1.807) is 0 Å². The van der Waals surface area contributed by atoms with Crippen molar-refractivity contribution in [1.29, 1.82) is 0 Å². The zero-order valence-electron chi connectivity index (χ0n) is 16.5. The number of hydrogen-bond donors (Lipinski definition) is 1. The van der Waals surface area contributed by atoms with E-state index in [1.807, 2.05) is 0 Å². The molecule has 4 aliphatic rings. The Morgan fingerprint density at radius 1 is 1.15 bits per heavy atom. The number of carbonyl (C=O) groups excluding carboxylic acids is 1. The number of nitrogens with one attached hydrogen (secondary N) is 1. The fraction of sp³-hybridized carbons (Fsp3) is 0.857. The van der Waals surface area contributed by atoms with E-state index in [0.717, 1.165) is 36.5 Å². The van der Waals surface area contributed by atoms with Gasteiger partial charge < -0.3 is 9.84 Å². The first-order valence-corrected chi connectivity index (χ1v) is 10.4. The van der Waals surface area contributed by atoms with E-state index in [4.69, 9.17) is 4.52 Å². The summed E-state index contributed by atoms with van der Waals surface area (Å²) in [6.45, 7) is 7.10. The largest absolute Gasteiger partial charge is 0.356 e. The lowest BCUT2D eigenvalue weighted by atomic mass is 9.49. The number of aromatic nitrogens is 2. The topological polar surface area (TPSA) is 68.0 Å². The van der Waals surface area contributed by atoms with Crippen molar-refractivity contribution in [3.8, 4) is 0 Å². The third-order valence-corrected chi connectivity index (χ3v) is 6.76. The summed E-state index contributed by atoms with van der Waals surface area (Å²) in [4.78, 5) is 16.8. The molecule has 4 aliphatic carbocycles. The van der Waals surface area contributed by atoms with Crippen LogP contribution in [0.2, 0.25) is 0 Å². The van der Waals surface area contributed by atoms with Crippen LogP contribution in [0.5, 0.6) is 0 Å². The zero-order valence-corrected chi connectivity index (χ0v) is 16.5. The van der Waals surface area contributed by atoms with Gasteiger partial charge in [0.15, 0.2) is 5.82 Å². The SMILES string of the molecule is CC(C)(C)c1noc(CCCC(=O)NCC23CC4CC(CC(C4)C2)C3)n1. The molecule has 1 aromatic heterocycles. The minimum atomic E-state index is -0.100. The summed E-state index contributed by atoms with van der Waals surface area (Å²) in [5, 5.41) is 7.29. The highest BCUT2D eigenvalue weighted by Crippen LogP contribution is 2.59. The van der Waals surface area contributed by atoms with Crippen LogP contribution in [0.15, 0.2) is 4.52 Å². The Hall–Kier alpha value is -1.39. The summed E-state index contributed by atoms with van der Waals surface area (Å²) in [6.07, 6.45) is 10.4. The maximum absolute atomic E-state index is 12.3. The van der Waals surface area contributed by atoms with Crippen LogP contribution >= 0.6 is 0 Å². The molecule has 0 atom stereocenters. The monoisotopic (exact) mass is 359 g/mol. The molecular weight excluding hydrogens is 326 g/mol. The van der Waals surface area contributed by atoms with Gasteiger partial charge in [-0.15, -0.1) is 0 Å². The normalized spacial score (nSPS) is 32.8. The second-order valence-electron chi connectivity index (χ2n) is 10.3. The van der Waals surface area contributed by atoms with Crippen molar-refractivity contribution < 1.29 is 9.32 Å². The van der Waals surface area contributed by atoms with Crippen LogP contribution in [-0.2, 0) is 16.6 Å². The molecule has 5 rings (SSSR count). The fourth-order valence-electron chi connectivity index (χ4n) is 5.94. The Labute approximate surface area is 156 Å². The first kappa shape index (κ1) is 18.0. The maximum atomic E-state index is 12.3. The lowest BCUT2D eigenvalue weighted by Crippen LogP contribution is -2.51. The van der Waals surface area contributed by atoms with Crippen LogP contribution in [0.3, 0.4) is 0 Å². The first-order chi connectivity index (χ1) is 12.3. The van der Waals surface area contributed by atoms with Crippen LogP contribution in [0, 0.1) is 23.2 Å². The Kier molecular flexibility index (Phi) is 4.60. The highest BCUT2D eigenvalue weighted by atomic mass is 16.5. The van der Waals surface area contributed by atoms with Crippen molar-refractivity contribution in [1.82, 2.24) is 15.5 Å². The van der Waals surface area contributed by atoms with E-state index in [0.29, 0.717) is 24.1 Å². The Morgan fingerprint density at radius 2 is 1.77 bits per heavy atom. The highest BCUT2D eigenvalue weighted by Gasteiger charge is 2.50. The van der Waals surface area contributed by atoms with Crippen molar-refractivity contribution in [2.24, 2.45) is 23.2 Å². The molecule has 144 valence electrons. The van der Waals surface area contributed by atoms with Crippen LogP contribution < -0.4 is 5.32 Å². The molecule has 0 radical (unpaired) electrons. The Balaban J connectivity index is 1.21. The molecule has 4 saturated carbocycles. The van der Waals surface area contributed by atoms with Crippen LogP contribution in [-0.4, -0.2) is 22.6 Å². The first-order valence-electron chi connectivity index (χ1n) is 10.4. The molecule has 0 unspecified atom stereocenters. The van der Waals surface area contributed by atoms with Gasteiger partial charge in [0.2, 0.25) is 11.8 Å². The third-order valence-electron chi connectivity index (χ3n) is 6.76. The highest BCUT2D eigenvalue weighted by molar-refractivity contribution is 5.75. The third kappa shape index (κ3) is 3.81. The minimum absolute atomic E-state index is 0.100. The molecule has 0 saturated heterocycles. The number of nitrogens with zero attached hydrogens (tertiary/aromatic N) is 2. The van der Waals surface area contributed by atoms with E-state index >= 15 is 0 Å². The molecule has 1 aromatic rings. The number of aryl methyl sites for hydroxylation is 1. The maximum Gasteiger partial charge on any atom is 0.226 e. The Bertz CT molecular complexity index is 623. The average molecular weight is 360 g/mol. The van der Waals surface area contributed by atoms with E-state index in [1.165, 1.54) is 38.5 Å². The minimum Gasteiger partial charge on any atom is -0.356 e. The predicted octanol–water partition coefficient (Wildman–Crippen LogP) is 4.02. The van der Waals surface area contributed by atoms with E-state index in [2.05, 4.69) is 36.2 Å². The van der Waals surface area contributed by atoms with E-state index in [9.17, 15) is 4.79 Å². The molecule has 4 bridgehead atoms. The summed E-state index contributed by atoms with van der Waals surface area (Å²) < 4.78 is 5.30. The van der Waals surface area contributed by atoms with Crippen molar-refractivity contribution in [3.63, 3.8) is 0 Å². The standard InChI is InChI=1S/C21H33N3O2/c1-20(2,3)19-23-18(26-24-19)6-4-5-17(25)22-13-21-10-14-7-15(11-21)9-16(8-14)12-21/h14-16H,4-13H2,1-3H3,(H,22,25). The van der Waals surface area contributed by atoms with Gasteiger partial charge in [0.1, 0.15) is 0 Å². The molecule has 0 spiro atoms. The van der Waals surface area contributed by atoms with E-state index < -0.39 is 0 Å². The molecule has 1 amide bonds. The molecule has 1 N–H and O–H groups in total. The van der Waals surface area contributed by atoms with Crippen molar-refractivity contribution in [2.75, 3.05) is 6.54 Å². The molecular formula is C21H33N3O2. The summed E-state index contributed by atoms with van der Waals surface area (Å²) >= 11 is 0. The quantitative estimate of drug-likeness (QED) is 0.833. The molecule has 5 heteroatoms. The van der Waals surface area contributed by atoms with Gasteiger partial charge in [-0.25, -0.2) is 0 Å². The molecule has 26 heavy (non-hydrogen) atoms. The lowest BCUT2D eigenvalue weighted by Gasteiger charge is -2.56. The predicted molar refractivity (Wildman–Crippen MR) is 99.6 cm³/mol. The molecule has 4 fully saturated rings.